The van der Waals surface area contributed by atoms with Crippen LogP contribution in [0, 0.1) is 0 Å². The van der Waals surface area contributed by atoms with Gasteiger partial charge in [0.25, 0.3) is 6.43 Å². The van der Waals surface area contributed by atoms with Crippen LogP contribution in [0.3, 0.4) is 0 Å². The number of carbonyl (C=O) groups excluding carboxylic acids is 1. The lowest BCUT2D eigenvalue weighted by molar-refractivity contribution is 0.0734. The zero-order valence-corrected chi connectivity index (χ0v) is 13.2. The Morgan fingerprint density at radius 2 is 1.67 bits per heavy atom. The van der Waals surface area contributed by atoms with Crippen LogP contribution in [-0.4, -0.2) is 12.4 Å². The van der Waals surface area contributed by atoms with Crippen molar-refractivity contribution in [3.8, 4) is 11.5 Å². The quantitative estimate of drug-likeness (QED) is 0.406. The Hall–Kier alpha value is -2.69. The average Bonchev–Trinajstić information content (AvgIpc) is 2.57. The molecule has 24 heavy (non-hydrogen) atoms. The van der Waals surface area contributed by atoms with Gasteiger partial charge in [-0.3, -0.25) is 0 Å². The number of allylic oxidation sites excluding steroid dienone is 1. The van der Waals surface area contributed by atoms with Crippen LogP contribution in [0.5, 0.6) is 11.5 Å². The highest BCUT2D eigenvalue weighted by molar-refractivity contribution is 5.91. The monoisotopic (exact) mass is 332 g/mol. The number of benzene rings is 2. The molecule has 0 aliphatic rings. The smallest absolute Gasteiger partial charge is 0.343 e. The van der Waals surface area contributed by atoms with Crippen molar-refractivity contribution in [3.63, 3.8) is 0 Å². The molecule has 0 radical (unpaired) electrons. The number of aryl methyl sites for hydroxylation is 1. The largest absolute Gasteiger partial charge is 0.465 e. The molecule has 0 unspecified atom stereocenters. The van der Waals surface area contributed by atoms with E-state index in [1.807, 2.05) is 12.1 Å². The third kappa shape index (κ3) is 5.50. The van der Waals surface area contributed by atoms with Crippen molar-refractivity contribution in [2.24, 2.45) is 0 Å². The first-order chi connectivity index (χ1) is 11.6. The summed E-state index contributed by atoms with van der Waals surface area (Å²) in [5.41, 5.74) is 1.64. The van der Waals surface area contributed by atoms with Gasteiger partial charge >= 0.3 is 5.97 Å². The zero-order valence-electron chi connectivity index (χ0n) is 13.2. The topological polar surface area (TPSA) is 35.5 Å². The molecule has 0 bridgehead atoms. The molecule has 0 aliphatic heterocycles. The Morgan fingerprint density at radius 3 is 2.25 bits per heavy atom. The van der Waals surface area contributed by atoms with Crippen LogP contribution in [0.15, 0.2) is 60.9 Å². The van der Waals surface area contributed by atoms with Gasteiger partial charge in [-0.1, -0.05) is 25.5 Å². The summed E-state index contributed by atoms with van der Waals surface area (Å²) in [6.45, 7) is 2.10. The van der Waals surface area contributed by atoms with Gasteiger partial charge in [0.05, 0.1) is 11.8 Å². The third-order valence-electron chi connectivity index (χ3n) is 3.19. The molecule has 0 spiro atoms. The molecule has 0 aromatic heterocycles. The summed E-state index contributed by atoms with van der Waals surface area (Å²) >= 11 is 0. The van der Waals surface area contributed by atoms with Gasteiger partial charge in [0.1, 0.15) is 11.5 Å². The summed E-state index contributed by atoms with van der Waals surface area (Å²) in [7, 11) is 0. The highest BCUT2D eigenvalue weighted by Gasteiger charge is 2.08. The molecule has 0 amide bonds. The molecule has 0 atom stereocenters. The minimum atomic E-state index is -2.56. The number of carbonyl (C=O) groups is 1. The molecule has 2 aromatic carbocycles. The van der Waals surface area contributed by atoms with Crippen LogP contribution in [0.1, 0.15) is 29.3 Å². The van der Waals surface area contributed by atoms with Crippen molar-refractivity contribution in [1.82, 2.24) is 0 Å². The fourth-order valence-corrected chi connectivity index (χ4v) is 2.03. The van der Waals surface area contributed by atoms with E-state index < -0.39 is 12.4 Å². The number of esters is 1. The number of hydrogen-bond acceptors (Lipinski definition) is 3. The lowest BCUT2D eigenvalue weighted by Gasteiger charge is -2.06. The second-order valence-corrected chi connectivity index (χ2v) is 5.09. The highest BCUT2D eigenvalue weighted by atomic mass is 19.3. The molecule has 0 saturated carbocycles. The van der Waals surface area contributed by atoms with Crippen molar-refractivity contribution in [2.75, 3.05) is 0 Å². The maximum atomic E-state index is 12.1. The first-order valence-electron chi connectivity index (χ1n) is 7.61. The maximum Gasteiger partial charge on any atom is 0.343 e. The summed E-state index contributed by atoms with van der Waals surface area (Å²) in [4.78, 5) is 12.1. The molecule has 2 rings (SSSR count). The molecule has 126 valence electrons. The Bertz CT molecular complexity index is 677. The van der Waals surface area contributed by atoms with Crippen molar-refractivity contribution in [1.29, 1.82) is 0 Å². The van der Waals surface area contributed by atoms with Gasteiger partial charge < -0.3 is 9.47 Å². The second-order valence-electron chi connectivity index (χ2n) is 5.09. The van der Waals surface area contributed by atoms with Gasteiger partial charge in [-0.15, -0.1) is 0 Å². The molecule has 3 nitrogen and oxygen atoms in total. The first kappa shape index (κ1) is 17.7. The number of rotatable bonds is 7. The van der Waals surface area contributed by atoms with Crippen LogP contribution in [0.2, 0.25) is 0 Å². The SMILES string of the molecule is CCCc1ccc(C(=O)Oc2ccc(O/C=C/C(F)F)cc2)cc1. The Labute approximate surface area is 139 Å². The lowest BCUT2D eigenvalue weighted by atomic mass is 10.1. The van der Waals surface area contributed by atoms with E-state index in [0.29, 0.717) is 23.1 Å². The molecule has 2 aromatic rings. The van der Waals surface area contributed by atoms with Gasteiger partial charge in [0.15, 0.2) is 0 Å². The van der Waals surface area contributed by atoms with Gasteiger partial charge in [-0.2, -0.15) is 0 Å². The molecule has 0 saturated heterocycles. The minimum Gasteiger partial charge on any atom is -0.465 e. The van der Waals surface area contributed by atoms with Crippen LogP contribution < -0.4 is 9.47 Å². The van der Waals surface area contributed by atoms with E-state index >= 15 is 0 Å². The Morgan fingerprint density at radius 1 is 1.04 bits per heavy atom. The molecule has 0 heterocycles. The van der Waals surface area contributed by atoms with E-state index in [2.05, 4.69) is 6.92 Å². The van der Waals surface area contributed by atoms with E-state index in [1.54, 1.807) is 12.1 Å². The van der Waals surface area contributed by atoms with E-state index in [-0.39, 0.29) is 0 Å². The summed E-state index contributed by atoms with van der Waals surface area (Å²) in [5.74, 6) is 0.266. The van der Waals surface area contributed by atoms with Crippen molar-refractivity contribution < 1.29 is 23.0 Å². The fourth-order valence-electron chi connectivity index (χ4n) is 2.03. The summed E-state index contributed by atoms with van der Waals surface area (Å²) in [5, 5.41) is 0. The second kappa shape index (κ2) is 8.82. The number of halogens is 2. The zero-order chi connectivity index (χ0) is 17.4. The third-order valence-corrected chi connectivity index (χ3v) is 3.19. The van der Waals surface area contributed by atoms with Crippen LogP contribution in [0.4, 0.5) is 8.78 Å². The summed E-state index contributed by atoms with van der Waals surface area (Å²) in [6.07, 6.45) is 1.01. The molecular formula is C19H18F2O3. The highest BCUT2D eigenvalue weighted by Crippen LogP contribution is 2.19. The van der Waals surface area contributed by atoms with E-state index in [9.17, 15) is 13.6 Å². The van der Waals surface area contributed by atoms with E-state index in [0.717, 1.165) is 19.1 Å². The van der Waals surface area contributed by atoms with Crippen molar-refractivity contribution in [3.05, 3.63) is 72.0 Å². The van der Waals surface area contributed by atoms with Gasteiger partial charge in [0, 0.05) is 6.08 Å². The summed E-state index contributed by atoms with van der Waals surface area (Å²) in [6, 6.07) is 13.4. The normalized spacial score (nSPS) is 11.0. The predicted octanol–water partition coefficient (Wildman–Crippen LogP) is 5.02. The standard InChI is InChI=1S/C19H18F2O3/c1-2-3-14-4-6-15(7-5-14)19(22)24-17-10-8-16(9-11-17)23-13-12-18(20)21/h4-13,18H,2-3H2,1H3/b13-12+. The fraction of sp³-hybridized carbons (Fsp3) is 0.211. The molecular weight excluding hydrogens is 314 g/mol. The van der Waals surface area contributed by atoms with Crippen LogP contribution >= 0.6 is 0 Å². The predicted molar refractivity (Wildman–Crippen MR) is 87.6 cm³/mol. The lowest BCUT2D eigenvalue weighted by Crippen LogP contribution is -2.08. The van der Waals surface area contributed by atoms with Crippen LogP contribution in [0.25, 0.3) is 0 Å². The number of alkyl halides is 2. The first-order valence-corrected chi connectivity index (χ1v) is 7.61. The van der Waals surface area contributed by atoms with Gasteiger partial charge in [-0.05, 0) is 48.4 Å². The molecule has 0 fully saturated rings. The van der Waals surface area contributed by atoms with Gasteiger partial charge in [-0.25, -0.2) is 13.6 Å². The molecule has 5 heteroatoms. The Kier molecular flexibility index (Phi) is 6.49. The van der Waals surface area contributed by atoms with Crippen LogP contribution in [-0.2, 0) is 6.42 Å². The molecule has 0 N–H and O–H groups in total. The van der Waals surface area contributed by atoms with Crippen molar-refractivity contribution in [2.45, 2.75) is 26.2 Å². The number of hydrogen-bond donors (Lipinski definition) is 0. The van der Waals surface area contributed by atoms with Gasteiger partial charge in [0.2, 0.25) is 0 Å². The molecule has 0 aliphatic carbocycles. The minimum absolute atomic E-state index is 0.350. The summed E-state index contributed by atoms with van der Waals surface area (Å²) < 4.78 is 34.2. The maximum absolute atomic E-state index is 12.1. The van der Waals surface area contributed by atoms with Crippen molar-refractivity contribution >= 4 is 5.97 Å². The number of ether oxygens (including phenoxy) is 2. The Balaban J connectivity index is 1.94. The van der Waals surface area contributed by atoms with E-state index in [4.69, 9.17) is 9.47 Å². The van der Waals surface area contributed by atoms with E-state index in [1.165, 1.54) is 29.8 Å². The average molecular weight is 332 g/mol.